The van der Waals surface area contributed by atoms with Crippen molar-refractivity contribution < 1.29 is 15.0 Å². The summed E-state index contributed by atoms with van der Waals surface area (Å²) in [4.78, 5) is 9.25. The molecule has 0 aliphatic heterocycles. The molecule has 0 bridgehead atoms. The standard InChI is InChI=1S/C3H4O2.C2H4O.Na/c1-2-3(4)5;1-2-3;/h2H,1H2,(H,4,5);2-3H,1H2;. The largest absolute Gasteiger partial charge is 0.516 e. The Bertz CT molecular complexity index is 90.2. The van der Waals surface area contributed by atoms with E-state index in [1.165, 1.54) is 0 Å². The van der Waals surface area contributed by atoms with Crippen LogP contribution in [0, 0.1) is 0 Å². The number of aliphatic hydroxyl groups excluding tert-OH is 1. The van der Waals surface area contributed by atoms with Gasteiger partial charge in [0, 0.05) is 35.6 Å². The van der Waals surface area contributed by atoms with Crippen LogP contribution in [0.1, 0.15) is 0 Å². The summed E-state index contributed by atoms with van der Waals surface area (Å²) in [6, 6.07) is 0. The Labute approximate surface area is 76.0 Å². The van der Waals surface area contributed by atoms with Gasteiger partial charge in [-0.15, -0.1) is 0 Å². The van der Waals surface area contributed by atoms with Gasteiger partial charge in [-0.05, 0) is 0 Å². The number of aliphatic hydroxyl groups is 1. The van der Waals surface area contributed by atoms with E-state index in [1.54, 1.807) is 0 Å². The van der Waals surface area contributed by atoms with Gasteiger partial charge in [0.1, 0.15) is 0 Å². The van der Waals surface area contributed by atoms with Gasteiger partial charge in [0.2, 0.25) is 0 Å². The molecule has 0 aromatic rings. The van der Waals surface area contributed by atoms with Crippen molar-refractivity contribution in [3.63, 3.8) is 0 Å². The molecule has 0 aromatic carbocycles. The van der Waals surface area contributed by atoms with Crippen molar-refractivity contribution in [2.45, 2.75) is 0 Å². The molecule has 3 nitrogen and oxygen atoms in total. The third-order valence-corrected chi connectivity index (χ3v) is 0.175. The minimum Gasteiger partial charge on any atom is -0.516 e. The molecule has 0 unspecified atom stereocenters. The van der Waals surface area contributed by atoms with Crippen LogP contribution in [0.2, 0.25) is 0 Å². The first-order valence-corrected chi connectivity index (χ1v) is 1.79. The number of carboxylic acid groups (broad SMARTS) is 1. The maximum Gasteiger partial charge on any atom is 0.327 e. The second-order valence-corrected chi connectivity index (χ2v) is 0.725. The maximum absolute atomic E-state index is 9.25. The van der Waals surface area contributed by atoms with Crippen LogP contribution in [-0.4, -0.2) is 45.7 Å². The van der Waals surface area contributed by atoms with Crippen molar-refractivity contribution in [2.75, 3.05) is 0 Å². The normalized spacial score (nSPS) is 4.89. The molecular formula is C5H8NaO3. The molecule has 9 heavy (non-hydrogen) atoms. The average molecular weight is 139 g/mol. The Morgan fingerprint density at radius 3 is 1.56 bits per heavy atom. The summed E-state index contributed by atoms with van der Waals surface area (Å²) in [5.41, 5.74) is 0. The van der Waals surface area contributed by atoms with E-state index in [-0.39, 0.29) is 29.6 Å². The fourth-order valence-corrected chi connectivity index (χ4v) is 0. The van der Waals surface area contributed by atoms with Crippen LogP contribution >= 0.6 is 0 Å². The summed E-state index contributed by atoms with van der Waals surface area (Å²) in [5, 5.41) is 14.9. The number of carbonyl (C=O) groups is 1. The first-order chi connectivity index (χ1) is 3.68. The van der Waals surface area contributed by atoms with Gasteiger partial charge in [0.25, 0.3) is 0 Å². The van der Waals surface area contributed by atoms with Gasteiger partial charge in [-0.25, -0.2) is 4.79 Å². The number of carboxylic acids is 1. The summed E-state index contributed by atoms with van der Waals surface area (Å²) in [6.45, 7) is 5.88. The van der Waals surface area contributed by atoms with Crippen molar-refractivity contribution in [3.8, 4) is 0 Å². The molecule has 0 spiro atoms. The first kappa shape index (κ1) is 15.9. The van der Waals surface area contributed by atoms with Crippen LogP contribution in [0.25, 0.3) is 0 Å². The molecule has 0 atom stereocenters. The third-order valence-electron chi connectivity index (χ3n) is 0.175. The predicted molar refractivity (Wildman–Crippen MR) is 36.4 cm³/mol. The van der Waals surface area contributed by atoms with Crippen LogP contribution in [0.5, 0.6) is 0 Å². The Kier molecular flexibility index (Phi) is 27.6. The number of hydrogen-bond acceptors (Lipinski definition) is 2. The van der Waals surface area contributed by atoms with E-state index in [1.807, 2.05) is 0 Å². The number of rotatable bonds is 1. The molecule has 1 radical (unpaired) electrons. The molecular weight excluding hydrogens is 131 g/mol. The van der Waals surface area contributed by atoms with Gasteiger partial charge in [-0.3, -0.25) is 0 Å². The van der Waals surface area contributed by atoms with E-state index in [9.17, 15) is 4.79 Å². The second kappa shape index (κ2) is 15.7. The van der Waals surface area contributed by atoms with E-state index in [2.05, 4.69) is 13.2 Å². The van der Waals surface area contributed by atoms with Crippen LogP contribution in [-0.2, 0) is 4.79 Å². The van der Waals surface area contributed by atoms with E-state index in [4.69, 9.17) is 10.2 Å². The van der Waals surface area contributed by atoms with Gasteiger partial charge < -0.3 is 10.2 Å². The smallest absolute Gasteiger partial charge is 0.327 e. The molecule has 47 valence electrons. The fourth-order valence-electron chi connectivity index (χ4n) is 0. The molecule has 0 saturated heterocycles. The zero-order chi connectivity index (χ0) is 6.99. The molecule has 0 rings (SSSR count). The molecule has 0 amide bonds. The van der Waals surface area contributed by atoms with Crippen LogP contribution in [0.4, 0.5) is 0 Å². The monoisotopic (exact) mass is 139 g/mol. The van der Waals surface area contributed by atoms with Crippen molar-refractivity contribution >= 4 is 35.5 Å². The molecule has 0 aromatic heterocycles. The van der Waals surface area contributed by atoms with Crippen LogP contribution in [0.3, 0.4) is 0 Å². The summed E-state index contributed by atoms with van der Waals surface area (Å²) < 4.78 is 0. The summed E-state index contributed by atoms with van der Waals surface area (Å²) >= 11 is 0. The van der Waals surface area contributed by atoms with Gasteiger partial charge in [-0.2, -0.15) is 0 Å². The van der Waals surface area contributed by atoms with Crippen LogP contribution < -0.4 is 0 Å². The fraction of sp³-hybridized carbons (Fsp3) is 0. The Hall–Kier alpha value is -0.250. The summed E-state index contributed by atoms with van der Waals surface area (Å²) in [5.74, 6) is -0.981. The third kappa shape index (κ3) is 83.7. The quantitative estimate of drug-likeness (QED) is 0.317. The van der Waals surface area contributed by atoms with E-state index in [0.717, 1.165) is 12.3 Å². The van der Waals surface area contributed by atoms with Crippen molar-refractivity contribution in [3.05, 3.63) is 25.5 Å². The molecule has 0 saturated carbocycles. The van der Waals surface area contributed by atoms with E-state index in [0.29, 0.717) is 0 Å². The van der Waals surface area contributed by atoms with Gasteiger partial charge >= 0.3 is 5.97 Å². The van der Waals surface area contributed by atoms with Crippen molar-refractivity contribution in [1.29, 1.82) is 0 Å². The molecule has 0 heterocycles. The van der Waals surface area contributed by atoms with Crippen molar-refractivity contribution in [2.24, 2.45) is 0 Å². The molecule has 2 N–H and O–H groups in total. The van der Waals surface area contributed by atoms with Crippen molar-refractivity contribution in [1.82, 2.24) is 0 Å². The first-order valence-electron chi connectivity index (χ1n) is 1.79. The molecule has 4 heteroatoms. The summed E-state index contributed by atoms with van der Waals surface area (Å²) in [7, 11) is 0. The zero-order valence-corrected chi connectivity index (χ0v) is 7.37. The Morgan fingerprint density at radius 2 is 1.56 bits per heavy atom. The number of aliphatic carboxylic acids is 1. The van der Waals surface area contributed by atoms with E-state index < -0.39 is 5.97 Å². The summed E-state index contributed by atoms with van der Waals surface area (Å²) in [6.07, 6.45) is 1.58. The second-order valence-electron chi connectivity index (χ2n) is 0.725. The zero-order valence-electron chi connectivity index (χ0n) is 5.37. The van der Waals surface area contributed by atoms with Gasteiger partial charge in [-0.1, -0.05) is 13.2 Å². The maximum atomic E-state index is 9.25. The SMILES string of the molecule is C=CC(=O)O.C=CO.[Na]. The van der Waals surface area contributed by atoms with Gasteiger partial charge in [0.15, 0.2) is 0 Å². The van der Waals surface area contributed by atoms with E-state index >= 15 is 0 Å². The topological polar surface area (TPSA) is 57.5 Å². The Balaban J connectivity index is -0.0000000800. The minimum absolute atomic E-state index is 0. The average Bonchev–Trinajstić information content (AvgIpc) is 1.69. The molecule has 0 fully saturated rings. The van der Waals surface area contributed by atoms with Crippen LogP contribution in [0.15, 0.2) is 25.5 Å². The van der Waals surface area contributed by atoms with Gasteiger partial charge in [0.05, 0.1) is 6.26 Å². The number of hydrogen-bond donors (Lipinski definition) is 2. The predicted octanol–water partition coefficient (Wildman–Crippen LogP) is 0.564. The molecule has 0 aliphatic carbocycles. The Morgan fingerprint density at radius 1 is 1.44 bits per heavy atom. The minimum atomic E-state index is -0.981. The molecule has 0 aliphatic rings.